The maximum Gasteiger partial charge on any atom is 0.133 e. The summed E-state index contributed by atoms with van der Waals surface area (Å²) in [5, 5.41) is 5.88. The first-order chi connectivity index (χ1) is 10.3. The molecule has 0 bridgehead atoms. The van der Waals surface area contributed by atoms with Crippen molar-refractivity contribution in [2.45, 2.75) is 31.7 Å². The van der Waals surface area contributed by atoms with Gasteiger partial charge in [-0.25, -0.2) is 4.98 Å². The van der Waals surface area contributed by atoms with Crippen LogP contribution in [-0.2, 0) is 0 Å². The highest BCUT2D eigenvalue weighted by molar-refractivity contribution is 9.10. The first-order valence-electron chi connectivity index (χ1n) is 7.73. The summed E-state index contributed by atoms with van der Waals surface area (Å²) in [5.74, 6) is 0.980. The summed E-state index contributed by atoms with van der Waals surface area (Å²) in [6.45, 7) is 2.00. The molecule has 0 unspecified atom stereocenters. The summed E-state index contributed by atoms with van der Waals surface area (Å²) >= 11 is 3.60. The van der Waals surface area contributed by atoms with Crippen LogP contribution in [0, 0.1) is 0 Å². The van der Waals surface area contributed by atoms with E-state index in [1.54, 1.807) is 0 Å². The third-order valence-electron chi connectivity index (χ3n) is 4.46. The molecule has 1 saturated carbocycles. The lowest BCUT2D eigenvalue weighted by molar-refractivity contribution is 0.254. The fourth-order valence-electron chi connectivity index (χ4n) is 3.19. The standard InChI is InChI=1S/C17H22BrN3/c1-21(13-5-2-3-6-13)12-11-20-17-15-7-4-8-16(18)14(15)9-10-19-17/h4,7-10,13H,2-3,5-6,11-12H2,1H3,(H,19,20). The Morgan fingerprint density at radius 2 is 2.05 bits per heavy atom. The van der Waals surface area contributed by atoms with Crippen LogP contribution in [0.25, 0.3) is 10.8 Å². The van der Waals surface area contributed by atoms with E-state index in [1.165, 1.54) is 36.5 Å². The number of benzene rings is 1. The summed E-state index contributed by atoms with van der Waals surface area (Å²) in [7, 11) is 2.24. The van der Waals surface area contributed by atoms with Gasteiger partial charge >= 0.3 is 0 Å². The number of nitrogens with one attached hydrogen (secondary N) is 1. The monoisotopic (exact) mass is 347 g/mol. The van der Waals surface area contributed by atoms with Gasteiger partial charge in [-0.3, -0.25) is 0 Å². The Hall–Kier alpha value is -1.13. The molecule has 1 N–H and O–H groups in total. The Bertz CT molecular complexity index is 608. The zero-order valence-electron chi connectivity index (χ0n) is 12.5. The van der Waals surface area contributed by atoms with E-state index in [4.69, 9.17) is 0 Å². The van der Waals surface area contributed by atoms with Crippen LogP contribution in [0.3, 0.4) is 0 Å². The number of fused-ring (bicyclic) bond motifs is 1. The lowest BCUT2D eigenvalue weighted by Crippen LogP contribution is -2.33. The fourth-order valence-corrected chi connectivity index (χ4v) is 3.69. The van der Waals surface area contributed by atoms with Crippen molar-refractivity contribution in [3.05, 3.63) is 34.9 Å². The van der Waals surface area contributed by atoms with Crippen LogP contribution in [0.1, 0.15) is 25.7 Å². The Balaban J connectivity index is 1.64. The number of pyridine rings is 1. The van der Waals surface area contributed by atoms with Crippen molar-refractivity contribution in [3.8, 4) is 0 Å². The lowest BCUT2D eigenvalue weighted by atomic mass is 10.1. The number of hydrogen-bond acceptors (Lipinski definition) is 3. The SMILES string of the molecule is CN(CCNc1nccc2c(Br)cccc12)C1CCCC1. The molecule has 112 valence electrons. The van der Waals surface area contributed by atoms with Crippen molar-refractivity contribution in [1.29, 1.82) is 0 Å². The van der Waals surface area contributed by atoms with Gasteiger partial charge in [0.1, 0.15) is 5.82 Å². The Morgan fingerprint density at radius 1 is 1.24 bits per heavy atom. The third kappa shape index (κ3) is 3.38. The summed E-state index contributed by atoms with van der Waals surface area (Å²) in [6.07, 6.45) is 7.37. The normalized spacial score (nSPS) is 16.0. The molecule has 1 heterocycles. The number of halogens is 1. The maximum absolute atomic E-state index is 4.49. The molecule has 3 nitrogen and oxygen atoms in total. The number of anilines is 1. The van der Waals surface area contributed by atoms with Gasteiger partial charge in [0, 0.05) is 40.6 Å². The molecule has 0 saturated heterocycles. The molecule has 3 rings (SSSR count). The quantitative estimate of drug-likeness (QED) is 0.874. The number of rotatable bonds is 5. The predicted molar refractivity (Wildman–Crippen MR) is 92.8 cm³/mol. The number of likely N-dealkylation sites (N-methyl/N-ethyl adjacent to an activating group) is 1. The summed E-state index contributed by atoms with van der Waals surface area (Å²) < 4.78 is 1.12. The van der Waals surface area contributed by atoms with E-state index in [0.717, 1.165) is 29.4 Å². The molecule has 1 aliphatic carbocycles. The third-order valence-corrected chi connectivity index (χ3v) is 5.15. The fraction of sp³-hybridized carbons (Fsp3) is 0.471. The largest absolute Gasteiger partial charge is 0.368 e. The van der Waals surface area contributed by atoms with Gasteiger partial charge in [0.25, 0.3) is 0 Å². The van der Waals surface area contributed by atoms with E-state index >= 15 is 0 Å². The van der Waals surface area contributed by atoms with E-state index in [-0.39, 0.29) is 0 Å². The summed E-state index contributed by atoms with van der Waals surface area (Å²) in [5.41, 5.74) is 0. The molecule has 1 aromatic heterocycles. The van der Waals surface area contributed by atoms with Crippen molar-refractivity contribution in [2.75, 3.05) is 25.5 Å². The second kappa shape index (κ2) is 6.75. The molecule has 0 radical (unpaired) electrons. The van der Waals surface area contributed by atoms with Crippen LogP contribution in [0.2, 0.25) is 0 Å². The van der Waals surface area contributed by atoms with Crippen molar-refractivity contribution in [3.63, 3.8) is 0 Å². The van der Waals surface area contributed by atoms with Crippen molar-refractivity contribution in [2.24, 2.45) is 0 Å². The average molecular weight is 348 g/mol. The van der Waals surface area contributed by atoms with Crippen LogP contribution in [-0.4, -0.2) is 36.1 Å². The van der Waals surface area contributed by atoms with Crippen LogP contribution in [0.5, 0.6) is 0 Å². The van der Waals surface area contributed by atoms with Crippen molar-refractivity contribution >= 4 is 32.5 Å². The molecule has 2 aromatic rings. The van der Waals surface area contributed by atoms with Gasteiger partial charge in [0.05, 0.1) is 0 Å². The minimum Gasteiger partial charge on any atom is -0.368 e. The Labute approximate surface area is 134 Å². The number of hydrogen-bond donors (Lipinski definition) is 1. The molecule has 0 atom stereocenters. The van der Waals surface area contributed by atoms with Crippen LogP contribution in [0.15, 0.2) is 34.9 Å². The molecule has 0 spiro atoms. The van der Waals surface area contributed by atoms with Gasteiger partial charge in [0.15, 0.2) is 0 Å². The van der Waals surface area contributed by atoms with E-state index in [9.17, 15) is 0 Å². The minimum absolute atomic E-state index is 0.779. The first-order valence-corrected chi connectivity index (χ1v) is 8.52. The highest BCUT2D eigenvalue weighted by Crippen LogP contribution is 2.27. The molecule has 1 aliphatic rings. The van der Waals surface area contributed by atoms with Crippen molar-refractivity contribution in [1.82, 2.24) is 9.88 Å². The Morgan fingerprint density at radius 3 is 2.86 bits per heavy atom. The summed E-state index contributed by atoms with van der Waals surface area (Å²) in [6, 6.07) is 9.08. The van der Waals surface area contributed by atoms with Gasteiger partial charge in [-0.1, -0.05) is 40.9 Å². The molecule has 1 aromatic carbocycles. The molecular formula is C17H22BrN3. The second-order valence-electron chi connectivity index (χ2n) is 5.84. The van der Waals surface area contributed by atoms with Crippen LogP contribution < -0.4 is 5.32 Å². The molecule has 1 fully saturated rings. The maximum atomic E-state index is 4.49. The smallest absolute Gasteiger partial charge is 0.133 e. The minimum atomic E-state index is 0.779. The molecule has 0 amide bonds. The number of nitrogens with zero attached hydrogens (tertiary/aromatic N) is 2. The van der Waals surface area contributed by atoms with Crippen molar-refractivity contribution < 1.29 is 0 Å². The summed E-state index contributed by atoms with van der Waals surface area (Å²) in [4.78, 5) is 6.98. The lowest BCUT2D eigenvalue weighted by Gasteiger charge is -2.24. The topological polar surface area (TPSA) is 28.2 Å². The highest BCUT2D eigenvalue weighted by Gasteiger charge is 2.18. The Kier molecular flexibility index (Phi) is 4.76. The van der Waals surface area contributed by atoms with E-state index < -0.39 is 0 Å². The van der Waals surface area contributed by atoms with E-state index in [1.807, 2.05) is 6.20 Å². The zero-order valence-corrected chi connectivity index (χ0v) is 14.1. The van der Waals surface area contributed by atoms with Crippen LogP contribution in [0.4, 0.5) is 5.82 Å². The second-order valence-corrected chi connectivity index (χ2v) is 6.69. The molecule has 21 heavy (non-hydrogen) atoms. The molecule has 4 heteroatoms. The highest BCUT2D eigenvalue weighted by atomic mass is 79.9. The first kappa shape index (κ1) is 14.8. The van der Waals surface area contributed by atoms with Gasteiger partial charge < -0.3 is 10.2 Å². The predicted octanol–water partition coefficient (Wildman–Crippen LogP) is 4.28. The van der Waals surface area contributed by atoms with Gasteiger partial charge in [-0.05, 0) is 32.0 Å². The molecular weight excluding hydrogens is 326 g/mol. The van der Waals surface area contributed by atoms with Gasteiger partial charge in [-0.15, -0.1) is 0 Å². The zero-order chi connectivity index (χ0) is 14.7. The van der Waals surface area contributed by atoms with Crippen LogP contribution >= 0.6 is 15.9 Å². The average Bonchev–Trinajstić information content (AvgIpc) is 3.02. The van der Waals surface area contributed by atoms with E-state index in [0.29, 0.717) is 0 Å². The van der Waals surface area contributed by atoms with Gasteiger partial charge in [0.2, 0.25) is 0 Å². The van der Waals surface area contributed by atoms with Gasteiger partial charge in [-0.2, -0.15) is 0 Å². The number of aromatic nitrogens is 1. The molecule has 0 aliphatic heterocycles. The van der Waals surface area contributed by atoms with E-state index in [2.05, 4.69) is 62.4 Å².